The Balaban J connectivity index is 2.40. The van der Waals surface area contributed by atoms with Crippen molar-refractivity contribution in [2.45, 2.75) is 26.1 Å². The van der Waals surface area contributed by atoms with Gasteiger partial charge in [0.05, 0.1) is 11.3 Å². The molecule has 1 atom stereocenters. The highest BCUT2D eigenvalue weighted by Gasteiger charge is 2.44. The maximum atomic E-state index is 13.5. The summed E-state index contributed by atoms with van der Waals surface area (Å²) in [5.41, 5.74) is -0.439. The molecule has 0 fully saturated rings. The first-order chi connectivity index (χ1) is 11.5. The molecular formula is C15H15F3N4O3. The van der Waals surface area contributed by atoms with Gasteiger partial charge in [-0.05, 0) is 26.0 Å². The van der Waals surface area contributed by atoms with Gasteiger partial charge in [0.1, 0.15) is 5.69 Å². The van der Waals surface area contributed by atoms with Gasteiger partial charge in [0.15, 0.2) is 6.04 Å². The average molecular weight is 356 g/mol. The van der Waals surface area contributed by atoms with E-state index in [9.17, 15) is 22.8 Å². The van der Waals surface area contributed by atoms with Gasteiger partial charge in [-0.2, -0.15) is 18.3 Å². The minimum atomic E-state index is -4.77. The largest absolute Gasteiger partial charge is 0.478 e. The van der Waals surface area contributed by atoms with Gasteiger partial charge in [-0.1, -0.05) is 0 Å². The maximum Gasteiger partial charge on any atom is 0.413 e. The van der Waals surface area contributed by atoms with E-state index in [4.69, 9.17) is 5.11 Å². The number of alkyl halides is 3. The predicted molar refractivity (Wildman–Crippen MR) is 80.1 cm³/mol. The van der Waals surface area contributed by atoms with Gasteiger partial charge in [0.2, 0.25) is 0 Å². The number of halogens is 3. The van der Waals surface area contributed by atoms with Crippen molar-refractivity contribution in [2.24, 2.45) is 7.05 Å². The molecule has 0 saturated carbocycles. The normalized spacial score (nSPS) is 12.7. The quantitative estimate of drug-likeness (QED) is 0.875. The number of nitrogens with zero attached hydrogens (tertiary/aromatic N) is 3. The minimum Gasteiger partial charge on any atom is -0.478 e. The number of rotatable bonds is 4. The molecule has 0 saturated heterocycles. The van der Waals surface area contributed by atoms with Crippen LogP contribution < -0.4 is 5.32 Å². The van der Waals surface area contributed by atoms with Crippen molar-refractivity contribution in [1.29, 1.82) is 0 Å². The van der Waals surface area contributed by atoms with Crippen molar-refractivity contribution >= 4 is 11.9 Å². The molecule has 2 N–H and O–H groups in total. The summed E-state index contributed by atoms with van der Waals surface area (Å²) in [5.74, 6) is -2.45. The zero-order valence-electron chi connectivity index (χ0n) is 13.5. The van der Waals surface area contributed by atoms with E-state index in [1.165, 1.54) is 25.6 Å². The number of amides is 1. The Labute approximate surface area is 140 Å². The molecular weight excluding hydrogens is 341 g/mol. The molecule has 25 heavy (non-hydrogen) atoms. The number of nitrogens with one attached hydrogen (secondary N) is 1. The van der Waals surface area contributed by atoms with Crippen LogP contribution in [0.2, 0.25) is 0 Å². The zero-order chi connectivity index (χ0) is 18.9. The SMILES string of the molecule is Cc1nn(C)c(C)c1C(NC(=O)c1cc(C(=O)O)ccn1)C(F)(F)F. The summed E-state index contributed by atoms with van der Waals surface area (Å²) in [4.78, 5) is 26.7. The van der Waals surface area contributed by atoms with Crippen LogP contribution in [-0.2, 0) is 7.05 Å². The molecule has 2 rings (SSSR count). The minimum absolute atomic E-state index is 0.134. The van der Waals surface area contributed by atoms with Crippen LogP contribution in [0.3, 0.4) is 0 Å². The van der Waals surface area contributed by atoms with Crippen LogP contribution in [-0.4, -0.2) is 37.9 Å². The molecule has 0 aliphatic heterocycles. The third kappa shape index (κ3) is 3.78. The fourth-order valence-electron chi connectivity index (χ4n) is 2.42. The summed E-state index contributed by atoms with van der Waals surface area (Å²) in [6.45, 7) is 2.88. The summed E-state index contributed by atoms with van der Waals surface area (Å²) >= 11 is 0. The van der Waals surface area contributed by atoms with Crippen molar-refractivity contribution in [3.63, 3.8) is 0 Å². The Morgan fingerprint density at radius 2 is 1.96 bits per heavy atom. The van der Waals surface area contributed by atoms with E-state index in [2.05, 4.69) is 10.1 Å². The summed E-state index contributed by atoms with van der Waals surface area (Å²) in [7, 11) is 1.50. The molecule has 0 aromatic carbocycles. The van der Waals surface area contributed by atoms with Gasteiger partial charge in [-0.15, -0.1) is 0 Å². The third-order valence-corrected chi connectivity index (χ3v) is 3.70. The molecule has 0 radical (unpaired) electrons. The highest BCUT2D eigenvalue weighted by atomic mass is 19.4. The summed E-state index contributed by atoms with van der Waals surface area (Å²) in [6, 6.07) is -0.243. The van der Waals surface area contributed by atoms with Crippen LogP contribution in [0.4, 0.5) is 13.2 Å². The molecule has 10 heteroatoms. The second kappa shape index (κ2) is 6.54. The third-order valence-electron chi connectivity index (χ3n) is 3.70. The van der Waals surface area contributed by atoms with Crippen LogP contribution in [0.15, 0.2) is 18.3 Å². The Morgan fingerprint density at radius 1 is 1.32 bits per heavy atom. The van der Waals surface area contributed by atoms with Gasteiger partial charge < -0.3 is 10.4 Å². The highest BCUT2D eigenvalue weighted by Crippen LogP contribution is 2.35. The van der Waals surface area contributed by atoms with Crippen molar-refractivity contribution in [1.82, 2.24) is 20.1 Å². The number of aromatic nitrogens is 3. The molecule has 0 aliphatic rings. The number of pyridine rings is 1. The number of carbonyl (C=O) groups excluding carboxylic acids is 1. The number of carboxylic acids is 1. The van der Waals surface area contributed by atoms with Crippen LogP contribution in [0.1, 0.15) is 43.8 Å². The van der Waals surface area contributed by atoms with Crippen LogP contribution in [0, 0.1) is 13.8 Å². The van der Waals surface area contributed by atoms with E-state index < -0.39 is 29.8 Å². The molecule has 1 unspecified atom stereocenters. The first-order valence-corrected chi connectivity index (χ1v) is 7.09. The molecule has 7 nitrogen and oxygen atoms in total. The Bertz CT molecular complexity index is 830. The molecule has 134 valence electrons. The monoisotopic (exact) mass is 356 g/mol. The Kier molecular flexibility index (Phi) is 4.82. The Hall–Kier alpha value is -2.91. The lowest BCUT2D eigenvalue weighted by molar-refractivity contribution is -0.155. The molecule has 0 bridgehead atoms. The van der Waals surface area contributed by atoms with E-state index in [-0.39, 0.29) is 22.5 Å². The van der Waals surface area contributed by atoms with Crippen LogP contribution in [0.5, 0.6) is 0 Å². The Morgan fingerprint density at radius 3 is 2.44 bits per heavy atom. The van der Waals surface area contributed by atoms with Crippen molar-refractivity contribution in [2.75, 3.05) is 0 Å². The zero-order valence-corrected chi connectivity index (χ0v) is 13.5. The van der Waals surface area contributed by atoms with Gasteiger partial charge in [0, 0.05) is 24.5 Å². The molecule has 0 spiro atoms. The lowest BCUT2D eigenvalue weighted by Gasteiger charge is -2.22. The van der Waals surface area contributed by atoms with E-state index in [0.717, 1.165) is 18.3 Å². The maximum absolute atomic E-state index is 13.5. The number of hydrogen-bond donors (Lipinski definition) is 2. The second-order valence-electron chi connectivity index (χ2n) is 5.39. The van der Waals surface area contributed by atoms with E-state index in [1.54, 1.807) is 0 Å². The first-order valence-electron chi connectivity index (χ1n) is 7.09. The van der Waals surface area contributed by atoms with E-state index in [0.29, 0.717) is 0 Å². The second-order valence-corrected chi connectivity index (χ2v) is 5.39. The van der Waals surface area contributed by atoms with Crippen molar-refractivity contribution in [3.8, 4) is 0 Å². The van der Waals surface area contributed by atoms with Crippen LogP contribution in [0.25, 0.3) is 0 Å². The first kappa shape index (κ1) is 18.4. The number of hydrogen-bond acceptors (Lipinski definition) is 4. The highest BCUT2D eigenvalue weighted by molar-refractivity contribution is 5.96. The van der Waals surface area contributed by atoms with Crippen molar-refractivity contribution < 1.29 is 27.9 Å². The average Bonchev–Trinajstić information content (AvgIpc) is 2.76. The summed E-state index contributed by atoms with van der Waals surface area (Å²) in [6.07, 6.45) is -3.72. The number of carbonyl (C=O) groups is 2. The fraction of sp³-hybridized carbons (Fsp3) is 0.333. The molecule has 2 heterocycles. The predicted octanol–water partition coefficient (Wildman–Crippen LogP) is 2.16. The number of aryl methyl sites for hydroxylation is 2. The van der Waals surface area contributed by atoms with E-state index in [1.807, 2.05) is 5.32 Å². The van der Waals surface area contributed by atoms with Gasteiger partial charge in [-0.3, -0.25) is 14.5 Å². The molecule has 0 aliphatic carbocycles. The van der Waals surface area contributed by atoms with Crippen molar-refractivity contribution in [3.05, 3.63) is 46.5 Å². The number of carboxylic acid groups (broad SMARTS) is 1. The van der Waals surface area contributed by atoms with Gasteiger partial charge >= 0.3 is 12.1 Å². The number of aromatic carboxylic acids is 1. The smallest absolute Gasteiger partial charge is 0.413 e. The molecule has 1 amide bonds. The lowest BCUT2D eigenvalue weighted by atomic mass is 10.0. The topological polar surface area (TPSA) is 97.1 Å². The molecule has 2 aromatic heterocycles. The standard InChI is InChI=1S/C15H15F3N4O3/c1-7-11(8(2)22(3)21-7)12(15(16,17)18)20-13(23)10-6-9(14(24)25)4-5-19-10/h4-6,12H,1-3H3,(H,20,23)(H,24,25). The summed E-state index contributed by atoms with van der Waals surface area (Å²) < 4.78 is 41.8. The lowest BCUT2D eigenvalue weighted by Crippen LogP contribution is -2.39. The fourth-order valence-corrected chi connectivity index (χ4v) is 2.42. The van der Waals surface area contributed by atoms with Crippen LogP contribution >= 0.6 is 0 Å². The van der Waals surface area contributed by atoms with E-state index >= 15 is 0 Å². The van der Waals surface area contributed by atoms with Gasteiger partial charge in [-0.25, -0.2) is 4.79 Å². The molecule has 2 aromatic rings. The van der Waals surface area contributed by atoms with Gasteiger partial charge in [0.25, 0.3) is 5.91 Å². The summed E-state index contributed by atoms with van der Waals surface area (Å²) in [5, 5.41) is 14.7.